The third-order valence-electron chi connectivity index (χ3n) is 3.56. The predicted molar refractivity (Wildman–Crippen MR) is 90.8 cm³/mol. The van der Waals surface area contributed by atoms with Crippen LogP contribution in [0.2, 0.25) is 0 Å². The minimum Gasteiger partial charge on any atom is -0.337 e. The minimum absolute atomic E-state index is 0.283. The van der Waals surface area contributed by atoms with Crippen LogP contribution in [0, 0.1) is 0 Å². The Hall–Kier alpha value is -1.98. The van der Waals surface area contributed by atoms with E-state index in [0.29, 0.717) is 0 Å². The second-order valence-corrected chi connectivity index (χ2v) is 6.16. The van der Waals surface area contributed by atoms with Crippen molar-refractivity contribution in [2.45, 2.75) is 25.9 Å². The van der Waals surface area contributed by atoms with E-state index in [-0.39, 0.29) is 6.04 Å². The molecule has 0 bridgehead atoms. The molecular weight excluding hydrogens is 292 g/mol. The van der Waals surface area contributed by atoms with E-state index < -0.39 is 0 Å². The molecule has 2 heterocycles. The van der Waals surface area contributed by atoms with Crippen molar-refractivity contribution in [2.24, 2.45) is 0 Å². The van der Waals surface area contributed by atoms with Crippen LogP contribution >= 0.6 is 11.3 Å². The number of rotatable bonds is 7. The van der Waals surface area contributed by atoms with Crippen LogP contribution in [-0.2, 0) is 6.54 Å². The Balaban J connectivity index is 1.50. The number of thiazole rings is 1. The number of hydrogen-bond donors (Lipinski definition) is 1. The topological polar surface area (TPSA) is 42.7 Å². The van der Waals surface area contributed by atoms with E-state index in [4.69, 9.17) is 4.98 Å². The van der Waals surface area contributed by atoms with Crippen LogP contribution in [0.1, 0.15) is 24.4 Å². The molecule has 0 aliphatic rings. The van der Waals surface area contributed by atoms with Gasteiger partial charge in [-0.2, -0.15) is 0 Å². The molecule has 0 radical (unpaired) electrons. The first-order chi connectivity index (χ1) is 10.8. The molecule has 0 amide bonds. The molecule has 114 valence electrons. The maximum Gasteiger partial charge on any atom is 0.110 e. The van der Waals surface area contributed by atoms with Crippen molar-refractivity contribution in [3.63, 3.8) is 0 Å². The number of aryl methyl sites for hydroxylation is 1. The summed E-state index contributed by atoms with van der Waals surface area (Å²) in [5, 5.41) is 6.81. The zero-order valence-electron chi connectivity index (χ0n) is 12.6. The molecule has 0 aliphatic heterocycles. The number of hydrogen-bond acceptors (Lipinski definition) is 4. The summed E-state index contributed by atoms with van der Waals surface area (Å²) in [6.45, 7) is 4.14. The quantitative estimate of drug-likeness (QED) is 0.676. The van der Waals surface area contributed by atoms with Crippen molar-refractivity contribution in [3.8, 4) is 11.3 Å². The van der Waals surface area contributed by atoms with Gasteiger partial charge in [0, 0.05) is 29.9 Å². The summed E-state index contributed by atoms with van der Waals surface area (Å²) < 4.78 is 2.10. The Morgan fingerprint density at radius 1 is 1.27 bits per heavy atom. The molecular formula is C17H20N4S. The summed E-state index contributed by atoms with van der Waals surface area (Å²) in [6.07, 6.45) is 6.75. The molecule has 0 saturated heterocycles. The molecule has 3 rings (SSSR count). The molecule has 22 heavy (non-hydrogen) atoms. The molecule has 1 N–H and O–H groups in total. The van der Waals surface area contributed by atoms with Gasteiger partial charge < -0.3 is 9.88 Å². The molecule has 0 aliphatic carbocycles. The maximum absolute atomic E-state index is 4.75. The van der Waals surface area contributed by atoms with Crippen LogP contribution in [0.3, 0.4) is 0 Å². The second-order valence-electron chi connectivity index (χ2n) is 5.27. The Labute approximate surface area is 134 Å². The molecule has 1 aromatic carbocycles. The van der Waals surface area contributed by atoms with Gasteiger partial charge in [0.25, 0.3) is 0 Å². The highest BCUT2D eigenvalue weighted by atomic mass is 32.1. The van der Waals surface area contributed by atoms with E-state index >= 15 is 0 Å². The summed E-state index contributed by atoms with van der Waals surface area (Å²) in [7, 11) is 0. The third-order valence-corrected chi connectivity index (χ3v) is 4.59. The fourth-order valence-corrected chi connectivity index (χ4v) is 3.17. The van der Waals surface area contributed by atoms with Crippen molar-refractivity contribution >= 4 is 11.3 Å². The zero-order valence-corrected chi connectivity index (χ0v) is 13.5. The average molecular weight is 312 g/mol. The van der Waals surface area contributed by atoms with E-state index in [1.165, 1.54) is 5.56 Å². The summed E-state index contributed by atoms with van der Waals surface area (Å²) in [5.41, 5.74) is 2.24. The van der Waals surface area contributed by atoms with Crippen molar-refractivity contribution in [1.29, 1.82) is 0 Å². The fourth-order valence-electron chi connectivity index (χ4n) is 2.31. The highest BCUT2D eigenvalue weighted by molar-refractivity contribution is 7.10. The first-order valence-corrected chi connectivity index (χ1v) is 8.41. The van der Waals surface area contributed by atoms with Gasteiger partial charge in [-0.1, -0.05) is 30.3 Å². The Kier molecular flexibility index (Phi) is 4.98. The monoisotopic (exact) mass is 312 g/mol. The summed E-state index contributed by atoms with van der Waals surface area (Å²) >= 11 is 1.72. The Morgan fingerprint density at radius 3 is 2.91 bits per heavy atom. The van der Waals surface area contributed by atoms with Gasteiger partial charge in [0.15, 0.2) is 0 Å². The molecule has 3 aromatic rings. The van der Waals surface area contributed by atoms with Gasteiger partial charge in [-0.25, -0.2) is 9.97 Å². The second kappa shape index (κ2) is 7.33. The molecule has 2 aromatic heterocycles. The summed E-state index contributed by atoms with van der Waals surface area (Å²) in [6, 6.07) is 10.6. The van der Waals surface area contributed by atoms with Crippen LogP contribution in [0.15, 0.2) is 54.4 Å². The first kappa shape index (κ1) is 14.9. The number of nitrogens with one attached hydrogen (secondary N) is 1. The van der Waals surface area contributed by atoms with Gasteiger partial charge in [-0.3, -0.25) is 0 Å². The van der Waals surface area contributed by atoms with Crippen LogP contribution in [0.4, 0.5) is 0 Å². The minimum atomic E-state index is 0.283. The molecule has 0 saturated carbocycles. The molecule has 0 spiro atoms. The fraction of sp³-hybridized carbons (Fsp3) is 0.294. The van der Waals surface area contributed by atoms with Gasteiger partial charge >= 0.3 is 0 Å². The number of benzene rings is 1. The SMILES string of the molecule is C[C@H](NCCCn1ccnc1)c1nc(-c2ccccc2)cs1. The third kappa shape index (κ3) is 3.81. The normalized spacial score (nSPS) is 12.4. The van der Waals surface area contributed by atoms with E-state index in [2.05, 4.69) is 39.3 Å². The van der Waals surface area contributed by atoms with E-state index in [1.807, 2.05) is 36.9 Å². The molecule has 4 nitrogen and oxygen atoms in total. The average Bonchev–Trinajstić information content (AvgIpc) is 3.24. The lowest BCUT2D eigenvalue weighted by molar-refractivity contribution is 0.525. The van der Waals surface area contributed by atoms with Gasteiger partial charge in [0.2, 0.25) is 0 Å². The first-order valence-electron chi connectivity index (χ1n) is 7.53. The molecule has 5 heteroatoms. The van der Waals surface area contributed by atoms with Crippen LogP contribution < -0.4 is 5.32 Å². The van der Waals surface area contributed by atoms with Crippen molar-refractivity contribution < 1.29 is 0 Å². The van der Waals surface area contributed by atoms with Gasteiger partial charge in [-0.05, 0) is 19.9 Å². The number of imidazole rings is 1. The highest BCUT2D eigenvalue weighted by Gasteiger charge is 2.10. The largest absolute Gasteiger partial charge is 0.337 e. The van der Waals surface area contributed by atoms with Crippen molar-refractivity contribution in [1.82, 2.24) is 19.9 Å². The number of nitrogens with zero attached hydrogens (tertiary/aromatic N) is 3. The lowest BCUT2D eigenvalue weighted by atomic mass is 10.2. The predicted octanol–water partition coefficient (Wildman–Crippen LogP) is 3.75. The van der Waals surface area contributed by atoms with Gasteiger partial charge in [0.05, 0.1) is 18.1 Å². The van der Waals surface area contributed by atoms with Gasteiger partial charge in [-0.15, -0.1) is 11.3 Å². The van der Waals surface area contributed by atoms with Crippen molar-refractivity contribution in [2.75, 3.05) is 6.54 Å². The highest BCUT2D eigenvalue weighted by Crippen LogP contribution is 2.25. The van der Waals surface area contributed by atoms with Crippen LogP contribution in [-0.4, -0.2) is 21.1 Å². The standard InChI is InChI=1S/C17H20N4S/c1-14(19-8-5-10-21-11-9-18-13-21)17-20-16(12-22-17)15-6-3-2-4-7-15/h2-4,6-7,9,11-14,19H,5,8,10H2,1H3/t14-/m0/s1. The van der Waals surface area contributed by atoms with Crippen LogP contribution in [0.5, 0.6) is 0 Å². The Bertz CT molecular complexity index is 676. The molecule has 0 fully saturated rings. The lowest BCUT2D eigenvalue weighted by Crippen LogP contribution is -2.20. The van der Waals surface area contributed by atoms with E-state index in [0.717, 1.165) is 30.2 Å². The summed E-state index contributed by atoms with van der Waals surface area (Å²) in [5.74, 6) is 0. The lowest BCUT2D eigenvalue weighted by Gasteiger charge is -2.11. The maximum atomic E-state index is 4.75. The van der Waals surface area contributed by atoms with E-state index in [9.17, 15) is 0 Å². The van der Waals surface area contributed by atoms with E-state index in [1.54, 1.807) is 11.3 Å². The summed E-state index contributed by atoms with van der Waals surface area (Å²) in [4.78, 5) is 8.80. The molecule has 1 atom stereocenters. The smallest absolute Gasteiger partial charge is 0.110 e. The van der Waals surface area contributed by atoms with Crippen LogP contribution in [0.25, 0.3) is 11.3 Å². The van der Waals surface area contributed by atoms with Gasteiger partial charge in [0.1, 0.15) is 5.01 Å². The zero-order chi connectivity index (χ0) is 15.2. The number of aromatic nitrogens is 3. The Morgan fingerprint density at radius 2 is 2.14 bits per heavy atom. The van der Waals surface area contributed by atoms with Crippen molar-refractivity contribution in [3.05, 3.63) is 59.4 Å². The molecule has 0 unspecified atom stereocenters.